The van der Waals surface area contributed by atoms with Crippen LogP contribution in [0.25, 0.3) is 0 Å². The van der Waals surface area contributed by atoms with Crippen LogP contribution in [0, 0.1) is 16.7 Å². The summed E-state index contributed by atoms with van der Waals surface area (Å²) < 4.78 is 0. The molecule has 39 heavy (non-hydrogen) atoms. The number of rotatable bonds is 8. The van der Waals surface area contributed by atoms with Gasteiger partial charge in [-0.15, -0.1) is 0 Å². The van der Waals surface area contributed by atoms with Crippen LogP contribution in [0.1, 0.15) is 76.3 Å². The second-order valence-electron chi connectivity index (χ2n) is 12.8. The van der Waals surface area contributed by atoms with Gasteiger partial charge in [0.1, 0.15) is 6.29 Å². The monoisotopic (exact) mass is 535 g/mol. The summed E-state index contributed by atoms with van der Waals surface area (Å²) in [5.41, 5.74) is 8.73. The van der Waals surface area contributed by atoms with Crippen molar-refractivity contribution >= 4 is 19.0 Å². The number of likely N-dealkylation sites (tertiary alicyclic amines) is 2. The first-order valence-electron chi connectivity index (χ1n) is 14.9. The van der Waals surface area contributed by atoms with Crippen LogP contribution in [0.2, 0.25) is 0 Å². The van der Waals surface area contributed by atoms with E-state index in [9.17, 15) is 9.59 Å². The zero-order chi connectivity index (χ0) is 27.9. The number of piperidine rings is 2. The molecule has 2 saturated heterocycles. The molecule has 2 saturated carbocycles. The molecule has 7 nitrogen and oxygen atoms in total. The van der Waals surface area contributed by atoms with Gasteiger partial charge < -0.3 is 20.4 Å². The van der Waals surface area contributed by atoms with Crippen molar-refractivity contribution in [3.63, 3.8) is 0 Å². The number of allylic oxidation sites excluding steroid dienone is 2. The molecule has 1 aromatic carbocycles. The van der Waals surface area contributed by atoms with Crippen LogP contribution in [0.15, 0.2) is 47.1 Å². The summed E-state index contributed by atoms with van der Waals surface area (Å²) >= 11 is 0. The molecule has 3 unspecified atom stereocenters. The highest BCUT2D eigenvalue weighted by Crippen LogP contribution is 2.51. The van der Waals surface area contributed by atoms with Crippen LogP contribution in [-0.4, -0.2) is 80.1 Å². The molecule has 1 aromatic rings. The molecule has 0 bridgehead atoms. The van der Waals surface area contributed by atoms with Gasteiger partial charge in [0.2, 0.25) is 6.41 Å². The number of nitrogens with zero attached hydrogens (tertiary/aromatic N) is 4. The minimum absolute atomic E-state index is 0.137. The van der Waals surface area contributed by atoms with Crippen molar-refractivity contribution in [2.45, 2.75) is 76.8 Å². The van der Waals surface area contributed by atoms with Crippen molar-refractivity contribution < 1.29 is 9.59 Å². The fraction of sp³-hybridized carbons (Fsp3) is 0.656. The number of aliphatic imine (C=N–C) groups is 1. The lowest BCUT2D eigenvalue weighted by molar-refractivity contribution is -0.121. The predicted molar refractivity (Wildman–Crippen MR) is 158 cm³/mol. The third-order valence-electron chi connectivity index (χ3n) is 9.66. The first-order valence-corrected chi connectivity index (χ1v) is 14.9. The third kappa shape index (κ3) is 7.57. The van der Waals surface area contributed by atoms with Gasteiger partial charge in [-0.05, 0) is 81.5 Å². The van der Waals surface area contributed by atoms with Gasteiger partial charge in [0.15, 0.2) is 0 Å². The van der Waals surface area contributed by atoms with Crippen LogP contribution in [0.5, 0.6) is 0 Å². The quantitative estimate of drug-likeness (QED) is 0.227. The SMILES string of the molecule is CN(C=N/C(=C\C=O)C1(C)CC1)CC1CCN(C)CC12CCCC2.NC1CCN(C=O)C(c2ccccc2)C1. The molecule has 2 aliphatic heterocycles. The summed E-state index contributed by atoms with van der Waals surface area (Å²) in [6, 6.07) is 10.5. The van der Waals surface area contributed by atoms with Crippen LogP contribution in [0.4, 0.5) is 0 Å². The number of amides is 1. The minimum Gasteiger partial charge on any atom is -0.365 e. The molecule has 7 heteroatoms. The Morgan fingerprint density at radius 1 is 1.10 bits per heavy atom. The van der Waals surface area contributed by atoms with E-state index in [0.717, 1.165) is 63.1 Å². The number of carbonyl (C=O) groups is 2. The average molecular weight is 536 g/mol. The molecule has 2 N–H and O–H groups in total. The normalized spacial score (nSPS) is 28.2. The summed E-state index contributed by atoms with van der Waals surface area (Å²) in [6.07, 6.45) is 16.3. The number of nitrogens with two attached hydrogens (primary N) is 1. The first kappa shape index (κ1) is 29.5. The van der Waals surface area contributed by atoms with Gasteiger partial charge in [0.05, 0.1) is 18.1 Å². The van der Waals surface area contributed by atoms with E-state index in [0.29, 0.717) is 5.41 Å². The van der Waals surface area contributed by atoms with E-state index in [4.69, 9.17) is 5.73 Å². The maximum atomic E-state index is 10.9. The first-order chi connectivity index (χ1) is 18.8. The Labute approximate surface area is 235 Å². The smallest absolute Gasteiger partial charge is 0.210 e. The Kier molecular flexibility index (Phi) is 10.00. The van der Waals surface area contributed by atoms with Crippen LogP contribution >= 0.6 is 0 Å². The van der Waals surface area contributed by atoms with Gasteiger partial charge in [-0.2, -0.15) is 0 Å². The highest BCUT2D eigenvalue weighted by atomic mass is 16.1. The summed E-state index contributed by atoms with van der Waals surface area (Å²) in [5, 5.41) is 0. The van der Waals surface area contributed by atoms with Crippen LogP contribution < -0.4 is 5.73 Å². The zero-order valence-electron chi connectivity index (χ0n) is 24.3. The van der Waals surface area contributed by atoms with Gasteiger partial charge in [0, 0.05) is 38.1 Å². The molecule has 0 aromatic heterocycles. The van der Waals surface area contributed by atoms with E-state index in [1.807, 2.05) is 29.4 Å². The van der Waals surface area contributed by atoms with Gasteiger partial charge in [-0.1, -0.05) is 50.1 Å². The molecule has 214 valence electrons. The Balaban J connectivity index is 0.000000202. The Hall–Kier alpha value is -2.51. The van der Waals surface area contributed by atoms with E-state index in [2.05, 4.69) is 47.9 Å². The van der Waals surface area contributed by atoms with E-state index < -0.39 is 0 Å². The van der Waals surface area contributed by atoms with Crippen molar-refractivity contribution in [3.8, 4) is 0 Å². The van der Waals surface area contributed by atoms with E-state index in [-0.39, 0.29) is 17.5 Å². The molecule has 3 atom stereocenters. The maximum absolute atomic E-state index is 10.9. The third-order valence-corrected chi connectivity index (χ3v) is 9.66. The zero-order valence-corrected chi connectivity index (χ0v) is 24.3. The fourth-order valence-corrected chi connectivity index (χ4v) is 6.96. The van der Waals surface area contributed by atoms with Crippen molar-refractivity contribution in [2.75, 3.05) is 40.3 Å². The van der Waals surface area contributed by atoms with E-state index in [1.54, 1.807) is 6.08 Å². The largest absolute Gasteiger partial charge is 0.365 e. The Bertz CT molecular complexity index is 999. The topological polar surface area (TPSA) is 82.2 Å². The predicted octanol–water partition coefficient (Wildman–Crippen LogP) is 4.65. The standard InChI is InChI=1S/C20H33N3O.C12H16N2O/c1-19(10-11-19)18(7-13-24)21-16-23(3)14-17-6-12-22(2)15-20(17)8-4-5-9-20;13-11-6-7-14(9-15)12(8-11)10-4-2-1-3-5-10/h7,13,16-17H,4-6,8-12,14-15H2,1-3H3;1-5,9,11-12H,6-8,13H2/b18-7-,21-16?;. The molecular formula is C32H49N5O2. The van der Waals surface area contributed by atoms with E-state index >= 15 is 0 Å². The van der Waals surface area contributed by atoms with Gasteiger partial charge >= 0.3 is 0 Å². The second kappa shape index (κ2) is 13.2. The van der Waals surface area contributed by atoms with E-state index in [1.165, 1.54) is 50.8 Å². The maximum Gasteiger partial charge on any atom is 0.210 e. The summed E-state index contributed by atoms with van der Waals surface area (Å²) in [4.78, 5) is 33.1. The summed E-state index contributed by atoms with van der Waals surface area (Å²) in [6.45, 7) is 6.53. The van der Waals surface area contributed by atoms with Crippen molar-refractivity contribution in [2.24, 2.45) is 27.5 Å². The van der Waals surface area contributed by atoms with Crippen LogP contribution in [-0.2, 0) is 9.59 Å². The molecular weight excluding hydrogens is 486 g/mol. The van der Waals surface area contributed by atoms with Gasteiger partial charge in [-0.25, -0.2) is 4.99 Å². The molecule has 4 aliphatic rings. The van der Waals surface area contributed by atoms with Gasteiger partial charge in [0.25, 0.3) is 0 Å². The summed E-state index contributed by atoms with van der Waals surface area (Å²) in [7, 11) is 4.41. The Morgan fingerprint density at radius 3 is 2.46 bits per heavy atom. The van der Waals surface area contributed by atoms with Crippen LogP contribution in [0.3, 0.4) is 0 Å². The number of hydrogen-bond acceptors (Lipinski definition) is 5. The molecule has 5 rings (SSSR count). The minimum atomic E-state index is 0.137. The number of hydrogen-bond donors (Lipinski definition) is 1. The molecule has 0 radical (unpaired) electrons. The van der Waals surface area contributed by atoms with Gasteiger partial charge in [-0.3, -0.25) is 9.59 Å². The lowest BCUT2D eigenvalue weighted by Gasteiger charge is -2.46. The second-order valence-corrected chi connectivity index (χ2v) is 12.8. The summed E-state index contributed by atoms with van der Waals surface area (Å²) in [5.74, 6) is 0.766. The molecule has 2 aliphatic carbocycles. The van der Waals surface area contributed by atoms with Crippen molar-refractivity contribution in [3.05, 3.63) is 47.7 Å². The molecule has 1 spiro atoms. The average Bonchev–Trinajstić information content (AvgIpc) is 3.52. The highest BCUT2D eigenvalue weighted by Gasteiger charge is 2.44. The molecule has 2 heterocycles. The van der Waals surface area contributed by atoms with Crippen molar-refractivity contribution in [1.29, 1.82) is 0 Å². The number of benzene rings is 1. The lowest BCUT2D eigenvalue weighted by Crippen LogP contribution is -2.49. The number of carbonyl (C=O) groups excluding carboxylic acids is 2. The molecule has 1 amide bonds. The fourth-order valence-electron chi connectivity index (χ4n) is 6.96. The lowest BCUT2D eigenvalue weighted by atomic mass is 9.69. The number of aldehydes is 1. The molecule has 4 fully saturated rings. The Morgan fingerprint density at radius 2 is 1.82 bits per heavy atom. The van der Waals surface area contributed by atoms with Crippen molar-refractivity contribution in [1.82, 2.24) is 14.7 Å². The highest BCUT2D eigenvalue weighted by molar-refractivity contribution is 5.68.